The molecule has 4 amide bonds. The molecular formula is C20H35N5O7. The Labute approximate surface area is 187 Å². The Bertz CT molecular complexity index is 692. The number of carbonyl (C=O) groups excluding carboxylic acids is 4. The highest BCUT2D eigenvalue weighted by molar-refractivity contribution is 5.94. The van der Waals surface area contributed by atoms with Crippen molar-refractivity contribution in [2.24, 2.45) is 11.7 Å². The number of carbonyl (C=O) groups is 5. The fourth-order valence-corrected chi connectivity index (χ4v) is 3.35. The normalized spacial score (nSPS) is 19.5. The average Bonchev–Trinajstić information content (AvgIpc) is 3.22. The van der Waals surface area contributed by atoms with Crippen molar-refractivity contribution >= 4 is 29.6 Å². The van der Waals surface area contributed by atoms with Crippen molar-refractivity contribution in [2.45, 2.75) is 83.1 Å². The van der Waals surface area contributed by atoms with E-state index in [1.165, 1.54) is 6.92 Å². The zero-order valence-electron chi connectivity index (χ0n) is 18.7. The van der Waals surface area contributed by atoms with Gasteiger partial charge in [0.15, 0.2) is 0 Å². The Kier molecular flexibility index (Phi) is 11.1. The molecule has 0 bridgehead atoms. The predicted molar refractivity (Wildman–Crippen MR) is 114 cm³/mol. The summed E-state index contributed by atoms with van der Waals surface area (Å²) in [6, 6.07) is -4.22. The number of hydrogen-bond acceptors (Lipinski definition) is 7. The highest BCUT2D eigenvalue weighted by Crippen LogP contribution is 2.10. The molecule has 0 aliphatic carbocycles. The summed E-state index contributed by atoms with van der Waals surface area (Å²) >= 11 is 0. The van der Waals surface area contributed by atoms with Crippen LogP contribution in [0.15, 0.2) is 0 Å². The van der Waals surface area contributed by atoms with Gasteiger partial charge < -0.3 is 37.2 Å². The quantitative estimate of drug-likeness (QED) is 0.164. The third kappa shape index (κ3) is 9.18. The molecule has 0 radical (unpaired) electrons. The summed E-state index contributed by atoms with van der Waals surface area (Å²) < 4.78 is 0. The fourth-order valence-electron chi connectivity index (χ4n) is 3.35. The van der Waals surface area contributed by atoms with Gasteiger partial charge in [0.25, 0.3) is 0 Å². The molecule has 1 heterocycles. The number of amides is 4. The number of carboxylic acid groups (broad SMARTS) is 1. The largest absolute Gasteiger partial charge is 0.480 e. The van der Waals surface area contributed by atoms with E-state index in [9.17, 15) is 34.2 Å². The summed E-state index contributed by atoms with van der Waals surface area (Å²) in [6.45, 7) is 5.72. The number of hydrogen-bond donors (Lipinski definition) is 7. The minimum atomic E-state index is -1.46. The van der Waals surface area contributed by atoms with E-state index in [0.29, 0.717) is 19.4 Å². The number of rotatable bonds is 13. The maximum Gasteiger partial charge on any atom is 0.326 e. The third-order valence-electron chi connectivity index (χ3n) is 5.07. The maximum absolute atomic E-state index is 12.9. The highest BCUT2D eigenvalue weighted by atomic mass is 16.4. The van der Waals surface area contributed by atoms with Crippen LogP contribution in [0.5, 0.6) is 0 Å². The lowest BCUT2D eigenvalue weighted by Gasteiger charge is -2.27. The molecule has 1 saturated heterocycles. The van der Waals surface area contributed by atoms with E-state index in [-0.39, 0.29) is 24.7 Å². The van der Waals surface area contributed by atoms with Crippen molar-refractivity contribution in [3.8, 4) is 0 Å². The summed E-state index contributed by atoms with van der Waals surface area (Å²) in [6.07, 6.45) is -0.0459. The van der Waals surface area contributed by atoms with E-state index < -0.39 is 54.0 Å². The zero-order valence-corrected chi connectivity index (χ0v) is 18.7. The molecule has 0 spiro atoms. The van der Waals surface area contributed by atoms with Gasteiger partial charge in [-0.05, 0) is 45.1 Å². The van der Waals surface area contributed by atoms with Crippen molar-refractivity contribution < 1.29 is 34.2 Å². The molecule has 1 aliphatic heterocycles. The van der Waals surface area contributed by atoms with Gasteiger partial charge in [-0.25, -0.2) is 4.79 Å². The Morgan fingerprint density at radius 3 is 2.16 bits per heavy atom. The molecule has 0 aromatic carbocycles. The molecule has 0 aromatic rings. The molecule has 0 saturated carbocycles. The Balaban J connectivity index is 2.87. The number of aliphatic hydroxyl groups excluding tert-OH is 1. The molecule has 8 N–H and O–H groups in total. The van der Waals surface area contributed by atoms with Crippen molar-refractivity contribution in [1.29, 1.82) is 0 Å². The summed E-state index contributed by atoms with van der Waals surface area (Å²) in [5.41, 5.74) is 5.02. The average molecular weight is 458 g/mol. The second-order valence-electron chi connectivity index (χ2n) is 8.47. The molecule has 1 fully saturated rings. The van der Waals surface area contributed by atoms with E-state index >= 15 is 0 Å². The molecule has 12 heteroatoms. The number of nitrogens with one attached hydrogen (secondary N) is 4. The van der Waals surface area contributed by atoms with Gasteiger partial charge in [0.2, 0.25) is 23.6 Å². The van der Waals surface area contributed by atoms with E-state index in [2.05, 4.69) is 21.3 Å². The fraction of sp³-hybridized carbons (Fsp3) is 0.750. The van der Waals surface area contributed by atoms with Gasteiger partial charge in [0, 0.05) is 6.42 Å². The van der Waals surface area contributed by atoms with Crippen LogP contribution in [0.1, 0.15) is 52.9 Å². The Hall–Kier alpha value is -2.73. The number of carboxylic acids is 1. The second-order valence-corrected chi connectivity index (χ2v) is 8.47. The number of primary amides is 1. The van der Waals surface area contributed by atoms with Crippen LogP contribution in [-0.4, -0.2) is 76.6 Å². The number of nitrogens with two attached hydrogens (primary N) is 1. The van der Waals surface area contributed by atoms with Gasteiger partial charge in [-0.3, -0.25) is 19.2 Å². The van der Waals surface area contributed by atoms with E-state index in [0.717, 1.165) is 6.42 Å². The van der Waals surface area contributed by atoms with Crippen LogP contribution in [0.3, 0.4) is 0 Å². The number of aliphatic carboxylic acids is 1. The minimum Gasteiger partial charge on any atom is -0.480 e. The molecule has 0 aromatic heterocycles. The van der Waals surface area contributed by atoms with Crippen LogP contribution in [0.4, 0.5) is 0 Å². The summed E-state index contributed by atoms with van der Waals surface area (Å²) in [5, 5.41) is 29.6. The van der Waals surface area contributed by atoms with Crippen molar-refractivity contribution in [3.05, 3.63) is 0 Å². The first-order valence-electron chi connectivity index (χ1n) is 10.8. The van der Waals surface area contributed by atoms with Crippen LogP contribution in [0.2, 0.25) is 0 Å². The van der Waals surface area contributed by atoms with Gasteiger partial charge in [-0.2, -0.15) is 0 Å². The monoisotopic (exact) mass is 457 g/mol. The van der Waals surface area contributed by atoms with Crippen molar-refractivity contribution in [2.75, 3.05) is 6.54 Å². The highest BCUT2D eigenvalue weighted by Gasteiger charge is 2.33. The first-order chi connectivity index (χ1) is 14.9. The molecule has 32 heavy (non-hydrogen) atoms. The first kappa shape index (κ1) is 27.3. The van der Waals surface area contributed by atoms with E-state index in [1.54, 1.807) is 0 Å². The minimum absolute atomic E-state index is 0.0478. The molecule has 5 atom stereocenters. The van der Waals surface area contributed by atoms with Gasteiger partial charge in [-0.1, -0.05) is 13.8 Å². The van der Waals surface area contributed by atoms with Gasteiger partial charge in [0.05, 0.1) is 12.1 Å². The molecule has 12 nitrogen and oxygen atoms in total. The molecule has 1 aliphatic rings. The summed E-state index contributed by atoms with van der Waals surface area (Å²) in [5.74, 6) is -3.99. The van der Waals surface area contributed by atoms with Crippen molar-refractivity contribution in [3.63, 3.8) is 0 Å². The lowest BCUT2D eigenvalue weighted by Crippen LogP contribution is -2.60. The van der Waals surface area contributed by atoms with Crippen LogP contribution >= 0.6 is 0 Å². The lowest BCUT2D eigenvalue weighted by molar-refractivity contribution is -0.143. The first-order valence-corrected chi connectivity index (χ1v) is 10.8. The third-order valence-corrected chi connectivity index (χ3v) is 5.07. The van der Waals surface area contributed by atoms with Gasteiger partial charge >= 0.3 is 5.97 Å². The summed E-state index contributed by atoms with van der Waals surface area (Å²) in [7, 11) is 0. The molecule has 1 rings (SSSR count). The van der Waals surface area contributed by atoms with Crippen molar-refractivity contribution in [1.82, 2.24) is 21.3 Å². The second kappa shape index (κ2) is 13.0. The van der Waals surface area contributed by atoms with E-state index in [1.807, 2.05) is 13.8 Å². The van der Waals surface area contributed by atoms with Crippen LogP contribution < -0.4 is 27.0 Å². The van der Waals surface area contributed by atoms with Crippen LogP contribution in [0, 0.1) is 5.92 Å². The summed E-state index contributed by atoms with van der Waals surface area (Å²) in [4.78, 5) is 60.2. The van der Waals surface area contributed by atoms with Gasteiger partial charge in [-0.15, -0.1) is 0 Å². The van der Waals surface area contributed by atoms with Crippen LogP contribution in [0.25, 0.3) is 0 Å². The zero-order chi connectivity index (χ0) is 24.4. The number of aliphatic hydroxyl groups is 1. The maximum atomic E-state index is 12.9. The predicted octanol–water partition coefficient (Wildman–Crippen LogP) is -2.03. The molecular weight excluding hydrogens is 422 g/mol. The topological polar surface area (TPSA) is 200 Å². The molecule has 182 valence electrons. The molecule has 5 unspecified atom stereocenters. The standard InChI is InChI=1S/C20H35N5O7/c1-10(2)9-14(24-17(28)12-5-4-8-22-12)18(29)25-16(11(3)26)19(30)23-13(20(31)32)6-7-15(21)27/h10-14,16,22,26H,4-9H2,1-3H3,(H2,21,27)(H,23,30)(H,24,28)(H,25,29)(H,31,32). The SMILES string of the molecule is CC(C)CC(NC(=O)C1CCCN1)C(=O)NC(C(=O)NC(CCC(N)=O)C(=O)O)C(C)O. The lowest BCUT2D eigenvalue weighted by atomic mass is 10.0. The van der Waals surface area contributed by atoms with Crippen LogP contribution in [-0.2, 0) is 24.0 Å². The Morgan fingerprint density at radius 2 is 1.69 bits per heavy atom. The van der Waals surface area contributed by atoms with E-state index in [4.69, 9.17) is 5.73 Å². The smallest absolute Gasteiger partial charge is 0.326 e. The van der Waals surface area contributed by atoms with Gasteiger partial charge in [0.1, 0.15) is 18.1 Å². The Morgan fingerprint density at radius 1 is 1.03 bits per heavy atom.